The molecule has 0 aromatic carbocycles. The number of hydrogen-bond donors (Lipinski definition) is 1. The van der Waals surface area contributed by atoms with Crippen molar-refractivity contribution in [2.75, 3.05) is 39.4 Å². The first-order valence-electron chi connectivity index (χ1n) is 8.09. The highest BCUT2D eigenvalue weighted by Gasteiger charge is 2.41. The van der Waals surface area contributed by atoms with Gasteiger partial charge in [0.25, 0.3) is 0 Å². The quantitative estimate of drug-likeness (QED) is 0.804. The van der Waals surface area contributed by atoms with Crippen molar-refractivity contribution in [1.82, 2.24) is 9.80 Å². The fourth-order valence-electron chi connectivity index (χ4n) is 3.77. The van der Waals surface area contributed by atoms with Crippen LogP contribution in [0.15, 0.2) is 0 Å². The van der Waals surface area contributed by atoms with Crippen LogP contribution in [-0.4, -0.2) is 66.7 Å². The molecule has 20 heavy (non-hydrogen) atoms. The number of carbonyl (C=O) groups excluding carboxylic acids is 1. The van der Waals surface area contributed by atoms with Crippen LogP contribution in [-0.2, 0) is 9.53 Å². The maximum atomic E-state index is 12.7. The Morgan fingerprint density at radius 1 is 1.10 bits per heavy atom. The molecule has 2 N–H and O–H groups in total. The summed E-state index contributed by atoms with van der Waals surface area (Å²) >= 11 is 0. The molecule has 0 aliphatic carbocycles. The van der Waals surface area contributed by atoms with Crippen LogP contribution in [0.25, 0.3) is 0 Å². The Labute approximate surface area is 121 Å². The van der Waals surface area contributed by atoms with Crippen molar-refractivity contribution in [2.45, 2.75) is 50.1 Å². The third-order valence-corrected chi connectivity index (χ3v) is 5.17. The molecule has 1 unspecified atom stereocenters. The predicted molar refractivity (Wildman–Crippen MR) is 77.4 cm³/mol. The van der Waals surface area contributed by atoms with Gasteiger partial charge >= 0.3 is 0 Å². The summed E-state index contributed by atoms with van der Waals surface area (Å²) in [5.41, 5.74) is 5.65. The van der Waals surface area contributed by atoms with Gasteiger partial charge in [-0.3, -0.25) is 9.69 Å². The van der Waals surface area contributed by atoms with E-state index < -0.39 is 5.54 Å². The van der Waals surface area contributed by atoms with Crippen LogP contribution in [0.3, 0.4) is 0 Å². The summed E-state index contributed by atoms with van der Waals surface area (Å²) < 4.78 is 5.34. The number of nitrogens with two attached hydrogens (primary N) is 1. The molecule has 3 fully saturated rings. The number of ether oxygens (including phenoxy) is 1. The van der Waals surface area contributed by atoms with E-state index >= 15 is 0 Å². The van der Waals surface area contributed by atoms with Crippen LogP contribution in [0.1, 0.15) is 38.5 Å². The van der Waals surface area contributed by atoms with Crippen LogP contribution in [0.4, 0.5) is 0 Å². The number of rotatable bonds is 2. The van der Waals surface area contributed by atoms with Crippen molar-refractivity contribution in [2.24, 2.45) is 5.73 Å². The molecule has 0 spiro atoms. The molecule has 5 heteroatoms. The zero-order valence-corrected chi connectivity index (χ0v) is 12.4. The number of carbonyl (C=O) groups is 1. The van der Waals surface area contributed by atoms with Crippen LogP contribution in [0, 0.1) is 0 Å². The van der Waals surface area contributed by atoms with Crippen molar-refractivity contribution in [1.29, 1.82) is 0 Å². The molecule has 3 saturated heterocycles. The van der Waals surface area contributed by atoms with E-state index in [1.807, 2.05) is 4.90 Å². The van der Waals surface area contributed by atoms with Gasteiger partial charge in [0, 0.05) is 32.3 Å². The lowest BCUT2D eigenvalue weighted by molar-refractivity contribution is -0.139. The van der Waals surface area contributed by atoms with Gasteiger partial charge in [-0.05, 0) is 45.2 Å². The van der Waals surface area contributed by atoms with Gasteiger partial charge in [-0.2, -0.15) is 0 Å². The van der Waals surface area contributed by atoms with E-state index in [0.717, 1.165) is 19.5 Å². The van der Waals surface area contributed by atoms with Crippen molar-refractivity contribution >= 4 is 5.91 Å². The van der Waals surface area contributed by atoms with Gasteiger partial charge in [0.1, 0.15) is 0 Å². The van der Waals surface area contributed by atoms with Crippen LogP contribution >= 0.6 is 0 Å². The van der Waals surface area contributed by atoms with Gasteiger partial charge in [-0.1, -0.05) is 6.42 Å². The molecule has 3 aliphatic rings. The SMILES string of the molecule is NC1(C(=O)N2CCC(N3CCCCC3)C2)CCOCC1. The average Bonchev–Trinajstić information content (AvgIpc) is 2.98. The first-order chi connectivity index (χ1) is 9.69. The fourth-order valence-corrected chi connectivity index (χ4v) is 3.77. The highest BCUT2D eigenvalue weighted by Crippen LogP contribution is 2.25. The molecule has 3 rings (SSSR count). The lowest BCUT2D eigenvalue weighted by atomic mass is 9.90. The number of piperidine rings is 1. The molecule has 1 amide bonds. The minimum atomic E-state index is -0.672. The largest absolute Gasteiger partial charge is 0.381 e. The zero-order chi connectivity index (χ0) is 14.0. The van der Waals surface area contributed by atoms with E-state index in [1.165, 1.54) is 32.4 Å². The second-order valence-electron chi connectivity index (χ2n) is 6.56. The molecular formula is C15H27N3O2. The summed E-state index contributed by atoms with van der Waals surface area (Å²) in [6, 6.07) is 0.558. The average molecular weight is 281 g/mol. The van der Waals surface area contributed by atoms with Crippen molar-refractivity contribution < 1.29 is 9.53 Å². The minimum Gasteiger partial charge on any atom is -0.381 e. The van der Waals surface area contributed by atoms with Crippen LogP contribution < -0.4 is 5.73 Å². The Hall–Kier alpha value is -0.650. The Bertz CT molecular complexity index is 349. The summed E-state index contributed by atoms with van der Waals surface area (Å²) in [6.45, 7) is 5.39. The number of amides is 1. The molecule has 0 bridgehead atoms. The Balaban J connectivity index is 1.57. The van der Waals surface area contributed by atoms with Gasteiger partial charge < -0.3 is 15.4 Å². The van der Waals surface area contributed by atoms with Crippen molar-refractivity contribution in [3.63, 3.8) is 0 Å². The van der Waals surface area contributed by atoms with E-state index in [4.69, 9.17) is 10.5 Å². The molecule has 1 atom stereocenters. The lowest BCUT2D eigenvalue weighted by Crippen LogP contribution is -2.58. The van der Waals surface area contributed by atoms with Crippen LogP contribution in [0.2, 0.25) is 0 Å². The summed E-state index contributed by atoms with van der Waals surface area (Å²) in [6.07, 6.45) is 6.41. The third-order valence-electron chi connectivity index (χ3n) is 5.17. The van der Waals surface area contributed by atoms with Gasteiger partial charge in [0.15, 0.2) is 0 Å². The summed E-state index contributed by atoms with van der Waals surface area (Å²) in [5.74, 6) is 0.153. The normalized spacial score (nSPS) is 31.4. The monoisotopic (exact) mass is 281 g/mol. The zero-order valence-electron chi connectivity index (χ0n) is 12.4. The Morgan fingerprint density at radius 2 is 1.80 bits per heavy atom. The van der Waals surface area contributed by atoms with E-state index in [2.05, 4.69) is 4.90 Å². The second kappa shape index (κ2) is 6.00. The molecule has 0 aromatic heterocycles. The van der Waals surface area contributed by atoms with E-state index in [9.17, 15) is 4.79 Å². The van der Waals surface area contributed by atoms with E-state index in [0.29, 0.717) is 32.1 Å². The lowest BCUT2D eigenvalue weighted by Gasteiger charge is -2.36. The number of hydrogen-bond acceptors (Lipinski definition) is 4. The smallest absolute Gasteiger partial charge is 0.242 e. The molecular weight excluding hydrogens is 254 g/mol. The molecule has 0 radical (unpaired) electrons. The number of likely N-dealkylation sites (tertiary alicyclic amines) is 2. The summed E-state index contributed by atoms with van der Waals surface area (Å²) in [4.78, 5) is 17.3. The topological polar surface area (TPSA) is 58.8 Å². The standard InChI is InChI=1S/C15H27N3O2/c16-15(5-10-20-11-6-15)14(19)18-9-4-13(12-18)17-7-2-1-3-8-17/h13H,1-12,16H2. The predicted octanol–water partition coefficient (Wildman–Crippen LogP) is 0.581. The first-order valence-corrected chi connectivity index (χ1v) is 8.09. The van der Waals surface area contributed by atoms with Gasteiger partial charge in [0.05, 0.1) is 5.54 Å². The highest BCUT2D eigenvalue weighted by molar-refractivity contribution is 5.86. The highest BCUT2D eigenvalue weighted by atomic mass is 16.5. The second-order valence-corrected chi connectivity index (χ2v) is 6.56. The minimum absolute atomic E-state index is 0.153. The Kier molecular flexibility index (Phi) is 4.29. The Morgan fingerprint density at radius 3 is 2.50 bits per heavy atom. The van der Waals surface area contributed by atoms with E-state index in [1.54, 1.807) is 0 Å². The molecule has 0 saturated carbocycles. The number of nitrogens with zero attached hydrogens (tertiary/aromatic N) is 2. The maximum absolute atomic E-state index is 12.7. The first kappa shape index (κ1) is 14.3. The van der Waals surface area contributed by atoms with Gasteiger partial charge in [0.2, 0.25) is 5.91 Å². The third kappa shape index (κ3) is 2.85. The van der Waals surface area contributed by atoms with Gasteiger partial charge in [-0.25, -0.2) is 0 Å². The molecule has 114 valence electrons. The summed E-state index contributed by atoms with van der Waals surface area (Å²) in [5, 5.41) is 0. The molecule has 5 nitrogen and oxygen atoms in total. The molecule has 3 heterocycles. The van der Waals surface area contributed by atoms with Crippen molar-refractivity contribution in [3.8, 4) is 0 Å². The fraction of sp³-hybridized carbons (Fsp3) is 0.933. The van der Waals surface area contributed by atoms with E-state index in [-0.39, 0.29) is 5.91 Å². The van der Waals surface area contributed by atoms with Gasteiger partial charge in [-0.15, -0.1) is 0 Å². The van der Waals surface area contributed by atoms with Crippen LogP contribution in [0.5, 0.6) is 0 Å². The van der Waals surface area contributed by atoms with Crippen molar-refractivity contribution in [3.05, 3.63) is 0 Å². The maximum Gasteiger partial charge on any atom is 0.242 e. The summed E-state index contributed by atoms with van der Waals surface area (Å²) in [7, 11) is 0. The molecule has 0 aromatic rings. The molecule has 3 aliphatic heterocycles.